The number of carboxylic acid groups (broad SMARTS) is 1. The monoisotopic (exact) mass is 628 g/mol. The minimum atomic E-state index is -2.30. The Balaban J connectivity index is 1.16. The van der Waals surface area contributed by atoms with Crippen molar-refractivity contribution in [3.63, 3.8) is 0 Å². The second-order valence-corrected chi connectivity index (χ2v) is 11.8. The molecule has 1 aliphatic rings. The van der Waals surface area contributed by atoms with Crippen LogP contribution in [0.4, 0.5) is 4.39 Å². The Kier molecular flexibility index (Phi) is 8.96. The maximum atomic E-state index is 15.7. The Bertz CT molecular complexity index is 1650. The molecule has 1 saturated heterocycles. The van der Waals surface area contributed by atoms with Crippen LogP contribution >= 0.6 is 34.5 Å². The smallest absolute Gasteiger partial charge is 0.326 e. The number of hydrogen-bond donors (Lipinski definition) is 2. The number of imidazole rings is 1. The summed E-state index contributed by atoms with van der Waals surface area (Å²) in [7, 11) is 0. The maximum Gasteiger partial charge on any atom is 0.326 e. The number of carbonyl (C=O) groups is 3. The second kappa shape index (κ2) is 12.6. The fraction of sp³-hybridized carbons (Fsp3) is 0.267. The predicted molar refractivity (Wildman–Crippen MR) is 162 cm³/mol. The fourth-order valence-electron chi connectivity index (χ4n) is 4.85. The number of likely N-dealkylation sites (tertiary alicyclic amines) is 1. The molecule has 0 aliphatic carbocycles. The van der Waals surface area contributed by atoms with Crippen molar-refractivity contribution in [2.75, 3.05) is 13.1 Å². The maximum absolute atomic E-state index is 15.7. The van der Waals surface area contributed by atoms with Gasteiger partial charge in [0, 0.05) is 51.2 Å². The van der Waals surface area contributed by atoms with Crippen LogP contribution in [0.1, 0.15) is 29.7 Å². The molecule has 2 aromatic heterocycles. The number of hydrogen-bond acceptors (Lipinski definition) is 5. The number of benzene rings is 2. The first-order valence-corrected chi connectivity index (χ1v) is 14.9. The molecule has 0 spiro atoms. The van der Waals surface area contributed by atoms with Crippen LogP contribution in [0.25, 0.3) is 16.2 Å². The van der Waals surface area contributed by atoms with Crippen LogP contribution in [-0.4, -0.2) is 62.1 Å². The van der Waals surface area contributed by atoms with Crippen molar-refractivity contribution in [1.29, 1.82) is 0 Å². The third kappa shape index (κ3) is 6.67. The van der Waals surface area contributed by atoms with Gasteiger partial charge in [-0.2, -0.15) is 0 Å². The van der Waals surface area contributed by atoms with Gasteiger partial charge >= 0.3 is 5.97 Å². The number of carboxylic acids is 1. The van der Waals surface area contributed by atoms with Crippen LogP contribution in [0, 0.1) is 0 Å². The van der Waals surface area contributed by atoms with Crippen molar-refractivity contribution >= 4 is 68.5 Å². The van der Waals surface area contributed by atoms with Crippen molar-refractivity contribution in [2.45, 2.75) is 37.5 Å². The number of fused-ring (bicyclic) bond motifs is 1. The number of rotatable bonds is 9. The number of aliphatic carboxylic acids is 1. The van der Waals surface area contributed by atoms with Crippen molar-refractivity contribution in [3.8, 4) is 0 Å². The molecule has 0 saturated carbocycles. The van der Waals surface area contributed by atoms with Gasteiger partial charge in [0.05, 0.1) is 26.8 Å². The molecule has 0 bridgehead atoms. The van der Waals surface area contributed by atoms with Crippen molar-refractivity contribution < 1.29 is 23.9 Å². The summed E-state index contributed by atoms with van der Waals surface area (Å²) in [6.45, 7) is 0.542. The molecule has 1 atom stereocenters. The van der Waals surface area contributed by atoms with Crippen LogP contribution in [-0.2, 0) is 27.3 Å². The highest BCUT2D eigenvalue weighted by Crippen LogP contribution is 2.37. The van der Waals surface area contributed by atoms with Crippen LogP contribution < -0.4 is 5.32 Å². The van der Waals surface area contributed by atoms with Gasteiger partial charge in [-0.05, 0) is 40.1 Å². The van der Waals surface area contributed by atoms with Crippen molar-refractivity contribution in [3.05, 3.63) is 93.3 Å². The van der Waals surface area contributed by atoms with Gasteiger partial charge in [0.2, 0.25) is 5.91 Å². The summed E-state index contributed by atoms with van der Waals surface area (Å²) in [5.74, 6) is -2.65. The average molecular weight is 630 g/mol. The van der Waals surface area contributed by atoms with Gasteiger partial charge in [-0.25, -0.2) is 14.2 Å². The van der Waals surface area contributed by atoms with E-state index in [1.54, 1.807) is 18.6 Å². The van der Waals surface area contributed by atoms with Gasteiger partial charge in [0.15, 0.2) is 5.67 Å². The Morgan fingerprint density at radius 1 is 1.14 bits per heavy atom. The molecule has 1 aliphatic heterocycles. The van der Waals surface area contributed by atoms with Gasteiger partial charge in [-0.1, -0.05) is 53.5 Å². The number of nitrogens with one attached hydrogen (secondary N) is 1. The van der Waals surface area contributed by atoms with E-state index in [-0.39, 0.29) is 38.3 Å². The Morgan fingerprint density at radius 2 is 1.88 bits per heavy atom. The predicted octanol–water partition coefficient (Wildman–Crippen LogP) is 5.61. The highest BCUT2D eigenvalue weighted by molar-refractivity contribution is 7.18. The lowest BCUT2D eigenvalue weighted by atomic mass is 9.91. The standard InChI is InChI=1S/C30H27Cl2FN4O4S/c31-25-20(14-21-8-13-42-27(21)26(25)32)6-7-24(38)37-11-9-30(33,10-12-37)29(41)35-23(28(39)40)15-22-17-36(18-34-22)16-19-4-2-1-3-5-19/h1-8,13-14,17-18,23H,9-12,15-16H2,(H,35,41)(H,39,40). The van der Waals surface area contributed by atoms with E-state index in [1.165, 1.54) is 22.3 Å². The van der Waals surface area contributed by atoms with Crippen LogP contribution in [0.15, 0.2) is 66.4 Å². The van der Waals surface area contributed by atoms with E-state index in [4.69, 9.17) is 23.2 Å². The SMILES string of the molecule is O=C(O)C(Cc1cn(Cc2ccccc2)cn1)NC(=O)C1(F)CCN(C(=O)C=Cc2cc3ccsc3c(Cl)c2Cl)CC1. The third-order valence-electron chi connectivity index (χ3n) is 7.24. The lowest BCUT2D eigenvalue weighted by molar-refractivity contribution is -0.146. The third-order valence-corrected chi connectivity index (χ3v) is 9.19. The van der Waals surface area contributed by atoms with E-state index < -0.39 is 23.6 Å². The molecule has 1 fully saturated rings. The number of carbonyl (C=O) groups excluding carboxylic acids is 2. The molecule has 218 valence electrons. The first-order chi connectivity index (χ1) is 20.1. The molecule has 42 heavy (non-hydrogen) atoms. The molecule has 2 aromatic carbocycles. The first kappa shape index (κ1) is 29.8. The zero-order valence-corrected chi connectivity index (χ0v) is 24.6. The minimum Gasteiger partial charge on any atom is -0.480 e. The summed E-state index contributed by atoms with van der Waals surface area (Å²) < 4.78 is 18.3. The largest absolute Gasteiger partial charge is 0.480 e. The Hall–Kier alpha value is -3.73. The van der Waals surface area contributed by atoms with Gasteiger partial charge in [0.1, 0.15) is 6.04 Å². The van der Waals surface area contributed by atoms with E-state index in [0.29, 0.717) is 27.8 Å². The highest BCUT2D eigenvalue weighted by Gasteiger charge is 2.43. The molecular formula is C30H27Cl2FN4O4S. The molecule has 1 unspecified atom stereocenters. The van der Waals surface area contributed by atoms with Gasteiger partial charge in [0.25, 0.3) is 5.91 Å². The van der Waals surface area contributed by atoms with Gasteiger partial charge in [-0.3, -0.25) is 9.59 Å². The Labute approximate surface area is 255 Å². The number of aromatic nitrogens is 2. The number of piperidine rings is 1. The topological polar surface area (TPSA) is 105 Å². The van der Waals surface area contributed by atoms with Crippen LogP contribution in [0.2, 0.25) is 10.0 Å². The van der Waals surface area contributed by atoms with E-state index >= 15 is 4.39 Å². The van der Waals surface area contributed by atoms with Crippen molar-refractivity contribution in [2.24, 2.45) is 0 Å². The average Bonchev–Trinajstić information content (AvgIpc) is 3.64. The molecule has 2 N–H and O–H groups in total. The number of halogens is 3. The molecule has 0 radical (unpaired) electrons. The molecule has 5 rings (SSSR count). The lowest BCUT2D eigenvalue weighted by Crippen LogP contribution is -2.55. The Morgan fingerprint density at radius 3 is 2.60 bits per heavy atom. The lowest BCUT2D eigenvalue weighted by Gasteiger charge is -2.35. The zero-order valence-electron chi connectivity index (χ0n) is 22.3. The summed E-state index contributed by atoms with van der Waals surface area (Å²) >= 11 is 14.2. The number of thiophene rings is 1. The van der Waals surface area contributed by atoms with Gasteiger partial charge in [-0.15, -0.1) is 11.3 Å². The summed E-state index contributed by atoms with van der Waals surface area (Å²) in [6.07, 6.45) is 5.59. The van der Waals surface area contributed by atoms with Gasteiger partial charge < -0.3 is 19.9 Å². The number of alkyl halides is 1. The van der Waals surface area contributed by atoms with Crippen molar-refractivity contribution in [1.82, 2.24) is 19.8 Å². The summed E-state index contributed by atoms with van der Waals surface area (Å²) in [5, 5.41) is 15.6. The number of nitrogens with zero attached hydrogens (tertiary/aromatic N) is 3. The van der Waals surface area contributed by atoms with Crippen LogP contribution in [0.3, 0.4) is 0 Å². The van der Waals surface area contributed by atoms with E-state index in [2.05, 4.69) is 10.3 Å². The molecule has 3 heterocycles. The first-order valence-electron chi connectivity index (χ1n) is 13.2. The van der Waals surface area contributed by atoms with E-state index in [9.17, 15) is 19.5 Å². The fourth-order valence-corrected chi connectivity index (χ4v) is 6.29. The highest BCUT2D eigenvalue weighted by atomic mass is 35.5. The molecular weight excluding hydrogens is 602 g/mol. The molecule has 12 heteroatoms. The molecule has 2 amide bonds. The summed E-state index contributed by atoms with van der Waals surface area (Å²) in [6, 6.07) is 12.1. The van der Waals surface area contributed by atoms with E-state index in [1.807, 2.05) is 52.4 Å². The number of amides is 2. The van der Waals surface area contributed by atoms with E-state index in [0.717, 1.165) is 15.6 Å². The normalized spacial score (nSPS) is 15.6. The molecule has 8 nitrogen and oxygen atoms in total. The molecule has 4 aromatic rings. The summed E-state index contributed by atoms with van der Waals surface area (Å²) in [5.41, 5.74) is -0.209. The second-order valence-electron chi connectivity index (χ2n) is 10.1. The zero-order chi connectivity index (χ0) is 29.9. The summed E-state index contributed by atoms with van der Waals surface area (Å²) in [4.78, 5) is 43.3. The van der Waals surface area contributed by atoms with Crippen LogP contribution in [0.5, 0.6) is 0 Å². The quantitative estimate of drug-likeness (QED) is 0.235. The minimum absolute atomic E-state index is 0.00717.